The van der Waals surface area contributed by atoms with Crippen molar-refractivity contribution >= 4 is 21.8 Å². The number of sulfonamides is 1. The normalized spacial score (nSPS) is 12.5. The zero-order valence-electron chi connectivity index (χ0n) is 14.3. The lowest BCUT2D eigenvalue weighted by molar-refractivity contribution is -0.128. The number of rotatable bonds is 9. The highest BCUT2D eigenvalue weighted by Crippen LogP contribution is 2.09. The van der Waals surface area contributed by atoms with Gasteiger partial charge in [-0.05, 0) is 25.5 Å². The number of carbonyl (C=O) groups is 2. The number of nitrogens with one attached hydrogen (secondary N) is 3. The quantitative estimate of drug-likeness (QED) is 0.563. The van der Waals surface area contributed by atoms with Gasteiger partial charge in [0.15, 0.2) is 0 Å². The molecular weight excluding hydrogens is 330 g/mol. The minimum absolute atomic E-state index is 0.0707. The third-order valence-electron chi connectivity index (χ3n) is 3.55. The van der Waals surface area contributed by atoms with Crippen LogP contribution in [0.1, 0.15) is 25.8 Å². The summed E-state index contributed by atoms with van der Waals surface area (Å²) in [7, 11) is -3.59. The minimum Gasteiger partial charge on any atom is -0.353 e. The summed E-state index contributed by atoms with van der Waals surface area (Å²) in [5, 5.41) is 5.08. The Hall–Kier alpha value is -1.93. The number of benzene rings is 1. The molecule has 0 fully saturated rings. The van der Waals surface area contributed by atoms with E-state index in [1.165, 1.54) is 12.1 Å². The summed E-state index contributed by atoms with van der Waals surface area (Å²) in [4.78, 5) is 23.3. The van der Waals surface area contributed by atoms with Gasteiger partial charge in [-0.3, -0.25) is 9.59 Å². The molecule has 0 saturated carbocycles. The molecule has 7 nitrogen and oxygen atoms in total. The Morgan fingerprint density at radius 2 is 1.71 bits per heavy atom. The molecule has 24 heavy (non-hydrogen) atoms. The summed E-state index contributed by atoms with van der Waals surface area (Å²) >= 11 is 0. The number of amides is 2. The third-order valence-corrected chi connectivity index (χ3v) is 5.03. The molecule has 0 saturated heterocycles. The van der Waals surface area contributed by atoms with Crippen LogP contribution < -0.4 is 15.4 Å². The summed E-state index contributed by atoms with van der Waals surface area (Å²) in [6.45, 7) is 5.65. The Labute approximate surface area is 143 Å². The van der Waals surface area contributed by atoms with Crippen LogP contribution in [0.15, 0.2) is 29.2 Å². The molecule has 0 aromatic heterocycles. The van der Waals surface area contributed by atoms with Gasteiger partial charge in [0, 0.05) is 19.0 Å². The van der Waals surface area contributed by atoms with E-state index in [-0.39, 0.29) is 42.3 Å². The predicted octanol–water partition coefficient (Wildman–Crippen LogP) is 0.552. The van der Waals surface area contributed by atoms with Crippen molar-refractivity contribution in [3.05, 3.63) is 29.8 Å². The van der Waals surface area contributed by atoms with E-state index in [9.17, 15) is 18.0 Å². The van der Waals surface area contributed by atoms with Crippen LogP contribution in [0.5, 0.6) is 0 Å². The maximum Gasteiger partial charge on any atom is 0.240 e. The van der Waals surface area contributed by atoms with Crippen molar-refractivity contribution in [1.82, 2.24) is 15.4 Å². The first kappa shape index (κ1) is 20.1. The van der Waals surface area contributed by atoms with Crippen LogP contribution >= 0.6 is 0 Å². The Morgan fingerprint density at radius 1 is 1.08 bits per heavy atom. The molecule has 0 aliphatic rings. The first-order valence-corrected chi connectivity index (χ1v) is 9.35. The van der Waals surface area contributed by atoms with Crippen molar-refractivity contribution in [2.75, 3.05) is 19.6 Å². The Morgan fingerprint density at radius 3 is 2.29 bits per heavy atom. The van der Waals surface area contributed by atoms with E-state index in [4.69, 9.17) is 0 Å². The van der Waals surface area contributed by atoms with Crippen LogP contribution in [0.3, 0.4) is 0 Å². The van der Waals surface area contributed by atoms with Gasteiger partial charge in [-0.15, -0.1) is 0 Å². The van der Waals surface area contributed by atoms with Crippen LogP contribution in [0.4, 0.5) is 0 Å². The molecule has 1 atom stereocenters. The second kappa shape index (κ2) is 9.39. The Balaban J connectivity index is 2.31. The molecule has 0 aliphatic heterocycles. The zero-order chi connectivity index (χ0) is 18.2. The van der Waals surface area contributed by atoms with Gasteiger partial charge in [-0.1, -0.05) is 31.5 Å². The van der Waals surface area contributed by atoms with E-state index >= 15 is 0 Å². The van der Waals surface area contributed by atoms with Crippen LogP contribution in [-0.2, 0) is 19.6 Å². The number of carbonyl (C=O) groups excluding carboxylic acids is 2. The molecule has 0 aliphatic carbocycles. The number of hydrogen-bond acceptors (Lipinski definition) is 4. The molecule has 1 unspecified atom stereocenters. The molecule has 3 N–H and O–H groups in total. The topological polar surface area (TPSA) is 104 Å². The van der Waals surface area contributed by atoms with E-state index in [0.717, 1.165) is 5.56 Å². The van der Waals surface area contributed by atoms with Gasteiger partial charge < -0.3 is 10.6 Å². The summed E-state index contributed by atoms with van der Waals surface area (Å²) in [6, 6.07) is 6.49. The van der Waals surface area contributed by atoms with Gasteiger partial charge in [0.2, 0.25) is 21.8 Å². The van der Waals surface area contributed by atoms with Gasteiger partial charge >= 0.3 is 0 Å². The first-order chi connectivity index (χ1) is 11.3. The highest BCUT2D eigenvalue weighted by molar-refractivity contribution is 7.89. The Kier molecular flexibility index (Phi) is 7.87. The van der Waals surface area contributed by atoms with Gasteiger partial charge in [-0.25, -0.2) is 13.1 Å². The molecule has 0 heterocycles. The monoisotopic (exact) mass is 355 g/mol. The molecule has 2 amide bonds. The molecule has 1 rings (SSSR count). The minimum atomic E-state index is -3.59. The van der Waals surface area contributed by atoms with Crippen molar-refractivity contribution in [3.8, 4) is 0 Å². The SMILES string of the molecule is CCC(C)C(=O)NCC(=O)NCCNS(=O)(=O)c1ccc(C)cc1. The summed E-state index contributed by atoms with van der Waals surface area (Å²) < 4.78 is 26.5. The second-order valence-electron chi connectivity index (χ2n) is 5.59. The Bertz CT molecular complexity index is 656. The molecule has 1 aromatic rings. The maximum atomic E-state index is 12.0. The van der Waals surface area contributed by atoms with E-state index in [2.05, 4.69) is 15.4 Å². The lowest BCUT2D eigenvalue weighted by Gasteiger charge is -2.11. The summed E-state index contributed by atoms with van der Waals surface area (Å²) in [5.74, 6) is -0.673. The second-order valence-corrected chi connectivity index (χ2v) is 7.35. The molecule has 1 aromatic carbocycles. The standard InChI is InChI=1S/C16H25N3O4S/c1-4-13(3)16(21)18-11-15(20)17-9-10-19-24(22,23)14-7-5-12(2)6-8-14/h5-8,13,19H,4,9-11H2,1-3H3,(H,17,20)(H,18,21). The zero-order valence-corrected chi connectivity index (χ0v) is 15.1. The average molecular weight is 355 g/mol. The van der Waals surface area contributed by atoms with Crippen LogP contribution in [0.2, 0.25) is 0 Å². The third kappa shape index (κ3) is 6.67. The van der Waals surface area contributed by atoms with Gasteiger partial charge in [0.1, 0.15) is 0 Å². The van der Waals surface area contributed by atoms with E-state index in [1.54, 1.807) is 19.1 Å². The van der Waals surface area contributed by atoms with Crippen LogP contribution in [0.25, 0.3) is 0 Å². The molecule has 134 valence electrons. The van der Waals surface area contributed by atoms with Crippen molar-refractivity contribution in [2.24, 2.45) is 5.92 Å². The van der Waals surface area contributed by atoms with E-state index < -0.39 is 10.0 Å². The van der Waals surface area contributed by atoms with Crippen molar-refractivity contribution in [2.45, 2.75) is 32.1 Å². The van der Waals surface area contributed by atoms with Crippen molar-refractivity contribution < 1.29 is 18.0 Å². The smallest absolute Gasteiger partial charge is 0.240 e. The summed E-state index contributed by atoms with van der Waals surface area (Å²) in [5.41, 5.74) is 0.973. The molecule has 0 bridgehead atoms. The lowest BCUT2D eigenvalue weighted by atomic mass is 10.1. The molecular formula is C16H25N3O4S. The van der Waals surface area contributed by atoms with Gasteiger partial charge in [0.05, 0.1) is 11.4 Å². The fraction of sp³-hybridized carbons (Fsp3) is 0.500. The van der Waals surface area contributed by atoms with Crippen LogP contribution in [0, 0.1) is 12.8 Å². The first-order valence-electron chi connectivity index (χ1n) is 7.87. The molecule has 0 radical (unpaired) electrons. The number of hydrogen-bond donors (Lipinski definition) is 3. The maximum absolute atomic E-state index is 12.0. The highest BCUT2D eigenvalue weighted by Gasteiger charge is 2.13. The van der Waals surface area contributed by atoms with E-state index in [0.29, 0.717) is 6.42 Å². The van der Waals surface area contributed by atoms with E-state index in [1.807, 2.05) is 13.8 Å². The van der Waals surface area contributed by atoms with Gasteiger partial charge in [0.25, 0.3) is 0 Å². The van der Waals surface area contributed by atoms with Crippen molar-refractivity contribution in [1.29, 1.82) is 0 Å². The average Bonchev–Trinajstić information content (AvgIpc) is 2.56. The van der Waals surface area contributed by atoms with Crippen LogP contribution in [-0.4, -0.2) is 39.9 Å². The molecule has 8 heteroatoms. The fourth-order valence-electron chi connectivity index (χ4n) is 1.78. The lowest BCUT2D eigenvalue weighted by Crippen LogP contribution is -2.41. The fourth-order valence-corrected chi connectivity index (χ4v) is 2.81. The predicted molar refractivity (Wildman–Crippen MR) is 91.8 cm³/mol. The number of aryl methyl sites for hydroxylation is 1. The highest BCUT2D eigenvalue weighted by atomic mass is 32.2. The van der Waals surface area contributed by atoms with Gasteiger partial charge in [-0.2, -0.15) is 0 Å². The van der Waals surface area contributed by atoms with Crippen molar-refractivity contribution in [3.63, 3.8) is 0 Å². The molecule has 0 spiro atoms. The summed E-state index contributed by atoms with van der Waals surface area (Å²) in [6.07, 6.45) is 0.703. The largest absolute Gasteiger partial charge is 0.353 e.